The first-order valence-corrected chi connectivity index (χ1v) is 8.53. The lowest BCUT2D eigenvalue weighted by atomic mass is 9.94. The van der Waals surface area contributed by atoms with Gasteiger partial charge in [-0.1, -0.05) is 18.0 Å². The average Bonchev–Trinajstić information content (AvgIpc) is 2.41. The largest absolute Gasteiger partial charge is 0.349 e. The van der Waals surface area contributed by atoms with Crippen LogP contribution in [0.5, 0.6) is 0 Å². The third-order valence-corrected chi connectivity index (χ3v) is 5.19. The third kappa shape index (κ3) is 4.07. The number of benzene rings is 1. The number of hydrogen-bond acceptors (Lipinski definition) is 3. The van der Waals surface area contributed by atoms with Crippen LogP contribution in [0.2, 0.25) is 5.02 Å². The lowest BCUT2D eigenvalue weighted by Crippen LogP contribution is -2.39. The zero-order valence-electron chi connectivity index (χ0n) is 10.9. The van der Waals surface area contributed by atoms with Crippen LogP contribution in [0.15, 0.2) is 23.1 Å². The van der Waals surface area contributed by atoms with Crippen LogP contribution in [0.4, 0.5) is 0 Å². The van der Waals surface area contributed by atoms with Crippen molar-refractivity contribution in [3.05, 3.63) is 28.8 Å². The zero-order valence-corrected chi connectivity index (χ0v) is 13.3. The van der Waals surface area contributed by atoms with Crippen LogP contribution in [0.1, 0.15) is 36.0 Å². The van der Waals surface area contributed by atoms with Crippen LogP contribution in [0.25, 0.3) is 0 Å². The molecule has 0 spiro atoms. The normalized spacial score (nSPS) is 23.1. The number of thioether (sulfide) groups is 1. The van der Waals surface area contributed by atoms with Gasteiger partial charge in [0.25, 0.3) is 5.91 Å². The summed E-state index contributed by atoms with van der Waals surface area (Å²) in [4.78, 5) is 13.0. The van der Waals surface area contributed by atoms with Crippen molar-refractivity contribution in [3.8, 4) is 0 Å². The maximum absolute atomic E-state index is 12.2. The van der Waals surface area contributed by atoms with Gasteiger partial charge in [-0.25, -0.2) is 0 Å². The summed E-state index contributed by atoms with van der Waals surface area (Å²) in [6, 6.07) is 5.48. The second-order valence-corrected chi connectivity index (χ2v) is 6.92. The predicted octanol–water partition coefficient (Wildman–Crippen LogP) is 4.03. The monoisotopic (exact) mass is 315 g/mol. The van der Waals surface area contributed by atoms with Gasteiger partial charge in [0.2, 0.25) is 0 Å². The molecule has 5 heteroatoms. The Kier molecular flexibility index (Phi) is 5.48. The Morgan fingerprint density at radius 1 is 1.47 bits per heavy atom. The zero-order chi connectivity index (χ0) is 13.8. The third-order valence-electron chi connectivity index (χ3n) is 3.49. The summed E-state index contributed by atoms with van der Waals surface area (Å²) in [5, 5.41) is 4.23. The molecular formula is C14H18ClNOS2. The molecule has 0 aliphatic heterocycles. The first kappa shape index (κ1) is 15.1. The summed E-state index contributed by atoms with van der Waals surface area (Å²) < 4.78 is 0. The van der Waals surface area contributed by atoms with Crippen molar-refractivity contribution >= 4 is 41.9 Å². The quantitative estimate of drug-likeness (QED) is 0.825. The van der Waals surface area contributed by atoms with Gasteiger partial charge < -0.3 is 5.32 Å². The average molecular weight is 316 g/mol. The Bertz CT molecular complexity index is 467. The van der Waals surface area contributed by atoms with E-state index < -0.39 is 0 Å². The van der Waals surface area contributed by atoms with Crippen LogP contribution in [-0.4, -0.2) is 23.5 Å². The van der Waals surface area contributed by atoms with Gasteiger partial charge >= 0.3 is 0 Å². The molecule has 19 heavy (non-hydrogen) atoms. The first-order chi connectivity index (χ1) is 9.10. The van der Waals surface area contributed by atoms with E-state index in [-0.39, 0.29) is 11.9 Å². The van der Waals surface area contributed by atoms with E-state index in [0.29, 0.717) is 15.8 Å². The maximum Gasteiger partial charge on any atom is 0.253 e. The van der Waals surface area contributed by atoms with Crippen molar-refractivity contribution in [1.82, 2.24) is 5.32 Å². The highest BCUT2D eigenvalue weighted by Crippen LogP contribution is 2.27. The molecule has 1 saturated carbocycles. The number of amides is 1. The van der Waals surface area contributed by atoms with Crippen LogP contribution in [-0.2, 0) is 0 Å². The molecule has 0 aromatic heterocycles. The van der Waals surface area contributed by atoms with Crippen molar-refractivity contribution < 1.29 is 4.79 Å². The van der Waals surface area contributed by atoms with Gasteiger partial charge in [0.1, 0.15) is 0 Å². The van der Waals surface area contributed by atoms with E-state index in [1.165, 1.54) is 12.8 Å². The highest BCUT2D eigenvalue weighted by atomic mass is 35.5. The number of nitrogens with one attached hydrogen (secondary N) is 1. The lowest BCUT2D eigenvalue weighted by molar-refractivity contribution is 0.0928. The fourth-order valence-corrected chi connectivity index (χ4v) is 3.67. The van der Waals surface area contributed by atoms with Gasteiger partial charge in [0, 0.05) is 16.2 Å². The Morgan fingerprint density at radius 3 is 3.00 bits per heavy atom. The van der Waals surface area contributed by atoms with E-state index in [9.17, 15) is 4.79 Å². The summed E-state index contributed by atoms with van der Waals surface area (Å²) in [5.74, 6) is -0.0901. The maximum atomic E-state index is 12.2. The Morgan fingerprint density at radius 2 is 2.26 bits per heavy atom. The minimum atomic E-state index is -0.0901. The second kappa shape index (κ2) is 6.91. The van der Waals surface area contributed by atoms with E-state index in [1.807, 2.05) is 11.8 Å². The molecule has 1 fully saturated rings. The van der Waals surface area contributed by atoms with E-state index in [1.54, 1.807) is 18.2 Å². The number of thiol groups is 1. The van der Waals surface area contributed by atoms with Gasteiger partial charge in [0.15, 0.2) is 0 Å². The highest BCUT2D eigenvalue weighted by Gasteiger charge is 2.23. The summed E-state index contributed by atoms with van der Waals surface area (Å²) >= 11 is 12.2. The number of carbonyl (C=O) groups excluding carboxylic acids is 1. The van der Waals surface area contributed by atoms with Crippen LogP contribution >= 0.6 is 36.0 Å². The first-order valence-electron chi connectivity index (χ1n) is 6.42. The fraction of sp³-hybridized carbons (Fsp3) is 0.500. The molecule has 2 atom stereocenters. The number of hydrogen-bond donors (Lipinski definition) is 2. The lowest BCUT2D eigenvalue weighted by Gasteiger charge is -2.28. The van der Waals surface area contributed by atoms with Crippen LogP contribution < -0.4 is 5.32 Å². The highest BCUT2D eigenvalue weighted by molar-refractivity contribution is 7.99. The van der Waals surface area contributed by atoms with E-state index in [2.05, 4.69) is 24.2 Å². The Hall–Kier alpha value is -0.320. The molecule has 0 heterocycles. The van der Waals surface area contributed by atoms with Crippen molar-refractivity contribution in [2.45, 2.75) is 41.9 Å². The predicted molar refractivity (Wildman–Crippen MR) is 85.7 cm³/mol. The second-order valence-electron chi connectivity index (χ2n) is 4.86. The molecule has 1 aliphatic carbocycles. The molecule has 1 N–H and O–H groups in total. The topological polar surface area (TPSA) is 29.1 Å². The van der Waals surface area contributed by atoms with Crippen molar-refractivity contribution in [3.63, 3.8) is 0 Å². The number of rotatable bonds is 3. The van der Waals surface area contributed by atoms with Gasteiger partial charge in [0.05, 0.1) is 10.6 Å². The molecule has 1 aliphatic rings. The molecule has 0 bridgehead atoms. The number of carbonyl (C=O) groups is 1. The van der Waals surface area contributed by atoms with Crippen LogP contribution in [0.3, 0.4) is 0 Å². The molecule has 1 aromatic carbocycles. The molecule has 1 aromatic rings. The summed E-state index contributed by atoms with van der Waals surface area (Å²) in [6.07, 6.45) is 6.67. The standard InChI is InChI=1S/C14H18ClNOS2/c1-19-11-4-2-3-9(7-11)16-14(17)12-8-10(18)5-6-13(12)15/h5-6,8-9,11,18H,2-4,7H2,1H3,(H,16,17). The van der Waals surface area contributed by atoms with Crippen molar-refractivity contribution in [1.29, 1.82) is 0 Å². The molecule has 0 radical (unpaired) electrons. The Balaban J connectivity index is 2.02. The Labute approximate surface area is 129 Å². The van der Waals surface area contributed by atoms with Gasteiger partial charge in [-0.2, -0.15) is 11.8 Å². The van der Waals surface area contributed by atoms with Gasteiger partial charge in [-0.05, 0) is 43.7 Å². The van der Waals surface area contributed by atoms with Crippen molar-refractivity contribution in [2.24, 2.45) is 0 Å². The molecular weight excluding hydrogens is 298 g/mol. The minimum absolute atomic E-state index is 0.0901. The van der Waals surface area contributed by atoms with Gasteiger partial charge in [-0.3, -0.25) is 4.79 Å². The minimum Gasteiger partial charge on any atom is -0.349 e. The van der Waals surface area contributed by atoms with Gasteiger partial charge in [-0.15, -0.1) is 12.6 Å². The molecule has 2 nitrogen and oxygen atoms in total. The number of halogens is 1. The SMILES string of the molecule is CSC1CCCC(NC(=O)c2cc(S)ccc2Cl)C1. The fourth-order valence-electron chi connectivity index (χ4n) is 2.44. The van der Waals surface area contributed by atoms with Crippen molar-refractivity contribution in [2.75, 3.05) is 6.26 Å². The molecule has 2 rings (SSSR count). The van der Waals surface area contributed by atoms with E-state index >= 15 is 0 Å². The van der Waals surface area contributed by atoms with E-state index in [4.69, 9.17) is 11.6 Å². The van der Waals surface area contributed by atoms with E-state index in [0.717, 1.165) is 17.7 Å². The smallest absolute Gasteiger partial charge is 0.253 e. The molecule has 1 amide bonds. The van der Waals surface area contributed by atoms with Crippen LogP contribution in [0, 0.1) is 0 Å². The summed E-state index contributed by atoms with van der Waals surface area (Å²) in [5.41, 5.74) is 0.514. The molecule has 0 saturated heterocycles. The summed E-state index contributed by atoms with van der Waals surface area (Å²) in [6.45, 7) is 0. The molecule has 2 unspecified atom stereocenters. The molecule has 104 valence electrons. The summed E-state index contributed by atoms with van der Waals surface area (Å²) in [7, 11) is 0.